The minimum atomic E-state index is -3.13. The first-order valence-electron chi connectivity index (χ1n) is 11.7. The minimum absolute atomic E-state index is 0.0149. The van der Waals surface area contributed by atoms with Crippen LogP contribution in [-0.2, 0) is 22.6 Å². The zero-order valence-electron chi connectivity index (χ0n) is 20.0. The van der Waals surface area contributed by atoms with Gasteiger partial charge in [-0.25, -0.2) is 22.0 Å². The molecule has 2 amide bonds. The second-order valence-electron chi connectivity index (χ2n) is 9.39. The first-order chi connectivity index (χ1) is 17.3. The average Bonchev–Trinajstić information content (AvgIpc) is 3.36. The van der Waals surface area contributed by atoms with E-state index in [9.17, 15) is 41.1 Å². The van der Waals surface area contributed by atoms with E-state index in [2.05, 4.69) is 10.6 Å². The fraction of sp³-hybridized carbons (Fsp3) is 0.440. The Bertz CT molecular complexity index is 1310. The second-order valence-corrected chi connectivity index (χ2v) is 9.39. The van der Waals surface area contributed by atoms with E-state index < -0.39 is 65.5 Å². The molecule has 2 aliphatic rings. The van der Waals surface area contributed by atoms with Gasteiger partial charge in [0.2, 0.25) is 0 Å². The van der Waals surface area contributed by atoms with Crippen LogP contribution in [0.25, 0.3) is 0 Å². The largest absolute Gasteiger partial charge is 0.340 e. The number of Topliss-reactive ketones (excluding diaryl/α,β-unsaturated/α-hetero) is 2. The van der Waals surface area contributed by atoms with Gasteiger partial charge in [-0.05, 0) is 43.5 Å². The maximum Gasteiger partial charge on any atom is 0.293 e. The minimum Gasteiger partial charge on any atom is -0.340 e. The molecule has 0 saturated heterocycles. The third kappa shape index (κ3) is 4.64. The first-order valence-corrected chi connectivity index (χ1v) is 11.7. The van der Waals surface area contributed by atoms with Gasteiger partial charge in [0.05, 0.1) is 11.1 Å². The van der Waals surface area contributed by atoms with Crippen molar-refractivity contribution in [1.29, 1.82) is 0 Å². The lowest BCUT2D eigenvalue weighted by Crippen LogP contribution is -2.67. The Hall–Kier alpha value is -3.57. The molecular weight excluding hydrogens is 501 g/mol. The summed E-state index contributed by atoms with van der Waals surface area (Å²) in [7, 11) is 0. The van der Waals surface area contributed by atoms with Crippen molar-refractivity contribution in [3.05, 3.63) is 52.1 Å². The number of benzene rings is 1. The quantitative estimate of drug-likeness (QED) is 0.301. The predicted octanol–water partition coefficient (Wildman–Crippen LogP) is 4.52. The Kier molecular flexibility index (Phi) is 6.72. The lowest BCUT2D eigenvalue weighted by Gasteiger charge is -2.46. The number of hydrogen-bond acceptors (Lipinski definition) is 4. The topological polar surface area (TPSA) is 97.3 Å². The fourth-order valence-corrected chi connectivity index (χ4v) is 5.20. The standard InChI is InChI=1S/C25H24F5N3O4/c1-3-17(34)24(10-25(29,30)11-24)32-23(37)20(35)18-12(2)19(33-8-4-5-16(18)33)22(36)31-13-6-7-15(26)14(9-13)21(27)28/h6-7,9,21H,3-5,8,10-11H2,1-2H3,(H,31,36)(H,32,37). The lowest BCUT2D eigenvalue weighted by atomic mass is 9.69. The summed E-state index contributed by atoms with van der Waals surface area (Å²) >= 11 is 0. The SMILES string of the molecule is CCC(=O)C1(NC(=O)C(=O)c2c(C)c(C(=O)Nc3ccc(F)c(C(F)F)c3)n3c2CCC3)CC(F)(F)C1. The highest BCUT2D eigenvalue weighted by Gasteiger charge is 2.61. The van der Waals surface area contributed by atoms with Crippen LogP contribution in [0.4, 0.5) is 27.6 Å². The fourth-order valence-electron chi connectivity index (χ4n) is 5.20. The Morgan fingerprint density at radius 2 is 1.81 bits per heavy atom. The number of carbonyl (C=O) groups is 4. The molecule has 0 spiro atoms. The summed E-state index contributed by atoms with van der Waals surface area (Å²) in [6.45, 7) is 3.24. The summed E-state index contributed by atoms with van der Waals surface area (Å²) < 4.78 is 68.5. The highest BCUT2D eigenvalue weighted by molar-refractivity contribution is 6.44. The molecule has 37 heavy (non-hydrogen) atoms. The number of nitrogens with zero attached hydrogens (tertiary/aromatic N) is 1. The molecule has 1 saturated carbocycles. The van der Waals surface area contributed by atoms with Crippen molar-refractivity contribution >= 4 is 29.1 Å². The van der Waals surface area contributed by atoms with E-state index in [1.807, 2.05) is 0 Å². The Labute approximate surface area is 208 Å². The van der Waals surface area contributed by atoms with Gasteiger partial charge in [-0.2, -0.15) is 0 Å². The van der Waals surface area contributed by atoms with Crippen LogP contribution >= 0.6 is 0 Å². The van der Waals surface area contributed by atoms with Crippen LogP contribution in [0.3, 0.4) is 0 Å². The molecule has 2 heterocycles. The van der Waals surface area contributed by atoms with Crippen LogP contribution in [0.5, 0.6) is 0 Å². The smallest absolute Gasteiger partial charge is 0.293 e. The number of anilines is 1. The van der Waals surface area contributed by atoms with E-state index in [1.54, 1.807) is 0 Å². The van der Waals surface area contributed by atoms with Crippen LogP contribution in [-0.4, -0.2) is 39.4 Å². The number of halogens is 5. The molecule has 12 heteroatoms. The third-order valence-corrected chi connectivity index (χ3v) is 6.88. The average molecular weight is 525 g/mol. The van der Waals surface area contributed by atoms with Crippen LogP contribution in [0.1, 0.15) is 76.7 Å². The molecule has 4 rings (SSSR count). The van der Waals surface area contributed by atoms with E-state index >= 15 is 0 Å². The van der Waals surface area contributed by atoms with Crippen molar-refractivity contribution < 1.29 is 41.1 Å². The maximum absolute atomic E-state index is 13.6. The van der Waals surface area contributed by atoms with Crippen molar-refractivity contribution in [3.8, 4) is 0 Å². The molecule has 7 nitrogen and oxygen atoms in total. The molecule has 0 bridgehead atoms. The number of rotatable bonds is 8. The summed E-state index contributed by atoms with van der Waals surface area (Å²) in [6, 6.07) is 2.71. The molecule has 1 aromatic carbocycles. The van der Waals surface area contributed by atoms with Crippen molar-refractivity contribution in [1.82, 2.24) is 9.88 Å². The van der Waals surface area contributed by atoms with Crippen LogP contribution in [0, 0.1) is 12.7 Å². The number of carbonyl (C=O) groups excluding carboxylic acids is 4. The number of hydrogen-bond donors (Lipinski definition) is 2. The summed E-state index contributed by atoms with van der Waals surface area (Å²) in [5.74, 6) is -7.93. The molecular formula is C25H24F5N3O4. The Morgan fingerprint density at radius 1 is 1.14 bits per heavy atom. The molecule has 2 aromatic rings. The van der Waals surface area contributed by atoms with Crippen molar-refractivity contribution in [3.63, 3.8) is 0 Å². The normalized spacial score (nSPS) is 17.2. The van der Waals surface area contributed by atoms with Gasteiger partial charge in [0, 0.05) is 37.2 Å². The monoisotopic (exact) mass is 525 g/mol. The van der Waals surface area contributed by atoms with E-state index in [4.69, 9.17) is 0 Å². The van der Waals surface area contributed by atoms with Gasteiger partial charge in [-0.3, -0.25) is 19.2 Å². The molecule has 0 radical (unpaired) electrons. The number of aromatic nitrogens is 1. The molecule has 1 aliphatic carbocycles. The third-order valence-electron chi connectivity index (χ3n) is 6.88. The number of nitrogens with one attached hydrogen (secondary N) is 2. The van der Waals surface area contributed by atoms with E-state index in [0.717, 1.165) is 18.2 Å². The van der Waals surface area contributed by atoms with E-state index in [-0.39, 0.29) is 28.9 Å². The molecule has 2 N–H and O–H groups in total. The van der Waals surface area contributed by atoms with Gasteiger partial charge >= 0.3 is 0 Å². The number of fused-ring (bicyclic) bond motifs is 1. The zero-order chi connectivity index (χ0) is 27.3. The molecule has 0 atom stereocenters. The molecule has 1 fully saturated rings. The Morgan fingerprint density at radius 3 is 2.41 bits per heavy atom. The van der Waals surface area contributed by atoms with E-state index in [1.165, 1.54) is 18.4 Å². The number of amides is 2. The summed E-state index contributed by atoms with van der Waals surface area (Å²) in [6.07, 6.45) is -4.10. The molecule has 198 valence electrons. The van der Waals surface area contributed by atoms with E-state index in [0.29, 0.717) is 25.1 Å². The van der Waals surface area contributed by atoms with Gasteiger partial charge in [-0.1, -0.05) is 6.92 Å². The van der Waals surface area contributed by atoms with Gasteiger partial charge in [0.15, 0.2) is 5.78 Å². The molecule has 1 aliphatic heterocycles. The first kappa shape index (κ1) is 26.5. The number of ketones is 2. The number of alkyl halides is 4. The molecule has 1 aromatic heterocycles. The van der Waals surface area contributed by atoms with Crippen LogP contribution in [0.2, 0.25) is 0 Å². The summed E-state index contributed by atoms with van der Waals surface area (Å²) in [4.78, 5) is 51.5. The summed E-state index contributed by atoms with van der Waals surface area (Å²) in [5, 5.41) is 4.64. The van der Waals surface area contributed by atoms with Crippen LogP contribution in [0.15, 0.2) is 18.2 Å². The van der Waals surface area contributed by atoms with Crippen molar-refractivity contribution in [2.75, 3.05) is 5.32 Å². The Balaban J connectivity index is 1.62. The van der Waals surface area contributed by atoms with Crippen molar-refractivity contribution in [2.45, 2.75) is 70.4 Å². The lowest BCUT2D eigenvalue weighted by molar-refractivity contribution is -0.163. The zero-order valence-corrected chi connectivity index (χ0v) is 20.0. The maximum atomic E-state index is 13.6. The highest BCUT2D eigenvalue weighted by atomic mass is 19.3. The van der Waals surface area contributed by atoms with Gasteiger partial charge in [0.1, 0.15) is 17.1 Å². The molecule has 0 unspecified atom stereocenters. The highest BCUT2D eigenvalue weighted by Crippen LogP contribution is 2.46. The van der Waals surface area contributed by atoms with Crippen molar-refractivity contribution in [2.24, 2.45) is 0 Å². The van der Waals surface area contributed by atoms with Gasteiger partial charge in [0.25, 0.3) is 29.9 Å². The second kappa shape index (κ2) is 9.38. The summed E-state index contributed by atoms with van der Waals surface area (Å²) in [5.41, 5.74) is -2.33. The predicted molar refractivity (Wildman–Crippen MR) is 121 cm³/mol. The van der Waals surface area contributed by atoms with Crippen LogP contribution < -0.4 is 10.6 Å². The van der Waals surface area contributed by atoms with Gasteiger partial charge in [-0.15, -0.1) is 0 Å². The van der Waals surface area contributed by atoms with Gasteiger partial charge < -0.3 is 15.2 Å².